The molecule has 0 saturated heterocycles. The summed E-state index contributed by atoms with van der Waals surface area (Å²) in [5.41, 5.74) is 4.82. The SMILES string of the molecule is CC(C)(NC(=O)c1cccc(Br)c1Cl)/C(N)=N/O. The molecule has 4 N–H and O–H groups in total. The molecule has 0 atom stereocenters. The first-order valence-electron chi connectivity index (χ1n) is 5.04. The van der Waals surface area contributed by atoms with E-state index in [0.717, 1.165) is 0 Å². The lowest BCUT2D eigenvalue weighted by atomic mass is 10.0. The summed E-state index contributed by atoms with van der Waals surface area (Å²) < 4.78 is 0.624. The standard InChI is InChI=1S/C11H13BrClN3O2/c1-11(2,10(14)16-18)15-9(17)6-4-3-5-7(12)8(6)13/h3-5,18H,1-2H3,(H2,14,16)(H,15,17). The van der Waals surface area contributed by atoms with Gasteiger partial charge in [0.25, 0.3) is 5.91 Å². The summed E-state index contributed by atoms with van der Waals surface area (Å²) in [5.74, 6) is -0.500. The second-order valence-corrected chi connectivity index (χ2v) is 5.40. The van der Waals surface area contributed by atoms with Crippen LogP contribution in [0.25, 0.3) is 0 Å². The van der Waals surface area contributed by atoms with E-state index in [1.165, 1.54) is 0 Å². The molecule has 5 nitrogen and oxygen atoms in total. The maximum Gasteiger partial charge on any atom is 0.253 e. The third-order valence-electron chi connectivity index (χ3n) is 2.37. The number of rotatable bonds is 3. The number of hydrogen-bond acceptors (Lipinski definition) is 3. The van der Waals surface area contributed by atoms with Crippen LogP contribution in [0.1, 0.15) is 24.2 Å². The molecule has 0 aliphatic carbocycles. The zero-order valence-electron chi connectivity index (χ0n) is 9.87. The van der Waals surface area contributed by atoms with Crippen molar-refractivity contribution < 1.29 is 10.0 Å². The van der Waals surface area contributed by atoms with E-state index in [2.05, 4.69) is 26.4 Å². The second kappa shape index (κ2) is 5.58. The Morgan fingerprint density at radius 3 is 2.72 bits per heavy atom. The molecule has 0 bridgehead atoms. The molecular weight excluding hydrogens is 321 g/mol. The summed E-state index contributed by atoms with van der Waals surface area (Å²) in [6.45, 7) is 3.23. The number of nitrogens with two attached hydrogens (primary N) is 1. The molecule has 7 heteroatoms. The Morgan fingerprint density at radius 2 is 2.17 bits per heavy atom. The third kappa shape index (κ3) is 3.14. The van der Waals surface area contributed by atoms with Crippen LogP contribution in [0, 0.1) is 0 Å². The molecule has 1 amide bonds. The molecular formula is C11H13BrClN3O2. The molecule has 0 aliphatic heterocycles. The molecule has 1 aromatic rings. The number of amides is 1. The summed E-state index contributed by atoms with van der Waals surface area (Å²) >= 11 is 9.25. The maximum atomic E-state index is 12.0. The highest BCUT2D eigenvalue weighted by Crippen LogP contribution is 2.26. The first-order valence-corrected chi connectivity index (χ1v) is 6.21. The van der Waals surface area contributed by atoms with E-state index in [4.69, 9.17) is 22.5 Å². The van der Waals surface area contributed by atoms with Crippen LogP contribution in [0.5, 0.6) is 0 Å². The zero-order chi connectivity index (χ0) is 13.9. The van der Waals surface area contributed by atoms with Crippen molar-refractivity contribution in [1.29, 1.82) is 0 Å². The van der Waals surface area contributed by atoms with E-state index in [1.54, 1.807) is 32.0 Å². The van der Waals surface area contributed by atoms with Gasteiger partial charge in [-0.2, -0.15) is 0 Å². The van der Waals surface area contributed by atoms with E-state index in [0.29, 0.717) is 15.1 Å². The van der Waals surface area contributed by atoms with Crippen LogP contribution in [-0.4, -0.2) is 22.5 Å². The van der Waals surface area contributed by atoms with Crippen LogP contribution < -0.4 is 11.1 Å². The minimum atomic E-state index is -0.975. The Labute approximate surface area is 118 Å². The van der Waals surface area contributed by atoms with E-state index >= 15 is 0 Å². The molecule has 18 heavy (non-hydrogen) atoms. The Morgan fingerprint density at radius 1 is 1.56 bits per heavy atom. The summed E-state index contributed by atoms with van der Waals surface area (Å²) in [5, 5.41) is 14.5. The van der Waals surface area contributed by atoms with Gasteiger partial charge in [-0.25, -0.2) is 0 Å². The molecule has 0 aliphatic rings. The number of amidine groups is 1. The first-order chi connectivity index (χ1) is 8.29. The van der Waals surface area contributed by atoms with Crippen molar-refractivity contribution in [2.24, 2.45) is 10.9 Å². The van der Waals surface area contributed by atoms with Crippen LogP contribution in [0.15, 0.2) is 27.8 Å². The Balaban J connectivity index is 3.00. The number of nitrogens with zero attached hydrogens (tertiary/aromatic N) is 1. The summed E-state index contributed by atoms with van der Waals surface area (Å²) in [6.07, 6.45) is 0. The molecule has 0 unspecified atom stereocenters. The van der Waals surface area contributed by atoms with Crippen LogP contribution in [-0.2, 0) is 0 Å². The highest BCUT2D eigenvalue weighted by molar-refractivity contribution is 9.10. The summed E-state index contributed by atoms with van der Waals surface area (Å²) in [4.78, 5) is 12.0. The average Bonchev–Trinajstić information content (AvgIpc) is 2.30. The van der Waals surface area contributed by atoms with Crippen molar-refractivity contribution in [2.45, 2.75) is 19.4 Å². The largest absolute Gasteiger partial charge is 0.409 e. The van der Waals surface area contributed by atoms with Crippen LogP contribution in [0.2, 0.25) is 5.02 Å². The average molecular weight is 335 g/mol. The van der Waals surface area contributed by atoms with Gasteiger partial charge in [0.05, 0.1) is 16.1 Å². The van der Waals surface area contributed by atoms with Gasteiger partial charge in [0.15, 0.2) is 5.84 Å². The molecule has 0 fully saturated rings. The number of hydrogen-bond donors (Lipinski definition) is 3. The molecule has 0 radical (unpaired) electrons. The fourth-order valence-electron chi connectivity index (χ4n) is 1.22. The molecule has 0 heterocycles. The van der Waals surface area contributed by atoms with Crippen LogP contribution >= 0.6 is 27.5 Å². The van der Waals surface area contributed by atoms with E-state index in [-0.39, 0.29) is 5.84 Å². The fourth-order valence-corrected chi connectivity index (χ4v) is 1.80. The lowest BCUT2D eigenvalue weighted by Crippen LogP contribution is -2.53. The van der Waals surface area contributed by atoms with Gasteiger partial charge in [0, 0.05) is 4.47 Å². The topological polar surface area (TPSA) is 87.7 Å². The molecule has 0 aromatic heterocycles. The van der Waals surface area contributed by atoms with E-state index in [1.807, 2.05) is 0 Å². The predicted octanol–water partition coefficient (Wildman–Crippen LogP) is 2.36. The van der Waals surface area contributed by atoms with Crippen LogP contribution in [0.3, 0.4) is 0 Å². The predicted molar refractivity (Wildman–Crippen MR) is 74.1 cm³/mol. The van der Waals surface area contributed by atoms with Gasteiger partial charge < -0.3 is 16.3 Å². The van der Waals surface area contributed by atoms with Gasteiger partial charge in [0.1, 0.15) is 0 Å². The first kappa shape index (κ1) is 14.8. The molecule has 1 rings (SSSR count). The van der Waals surface area contributed by atoms with Gasteiger partial charge in [-0.15, -0.1) is 0 Å². The number of oxime groups is 1. The lowest BCUT2D eigenvalue weighted by molar-refractivity contribution is 0.0931. The molecule has 98 valence electrons. The maximum absolute atomic E-state index is 12.0. The number of nitrogens with one attached hydrogen (secondary N) is 1. The smallest absolute Gasteiger partial charge is 0.253 e. The summed E-state index contributed by atoms with van der Waals surface area (Å²) in [7, 11) is 0. The second-order valence-electron chi connectivity index (χ2n) is 4.17. The van der Waals surface area contributed by atoms with Crippen molar-refractivity contribution in [2.75, 3.05) is 0 Å². The molecule has 0 saturated carbocycles. The van der Waals surface area contributed by atoms with E-state index < -0.39 is 11.4 Å². The highest BCUT2D eigenvalue weighted by atomic mass is 79.9. The summed E-state index contributed by atoms with van der Waals surface area (Å²) in [6, 6.07) is 5.01. The van der Waals surface area contributed by atoms with Crippen molar-refractivity contribution in [3.05, 3.63) is 33.3 Å². The van der Waals surface area contributed by atoms with Gasteiger partial charge in [-0.1, -0.05) is 22.8 Å². The normalized spacial score (nSPS) is 12.3. The van der Waals surface area contributed by atoms with Crippen LogP contribution in [0.4, 0.5) is 0 Å². The monoisotopic (exact) mass is 333 g/mol. The minimum Gasteiger partial charge on any atom is -0.409 e. The number of carbonyl (C=O) groups excluding carboxylic acids is 1. The Bertz CT molecular complexity index is 503. The highest BCUT2D eigenvalue weighted by Gasteiger charge is 2.27. The van der Waals surface area contributed by atoms with Crippen molar-refractivity contribution in [3.63, 3.8) is 0 Å². The van der Waals surface area contributed by atoms with Gasteiger partial charge in [-0.3, -0.25) is 4.79 Å². The molecule has 1 aromatic carbocycles. The van der Waals surface area contributed by atoms with Gasteiger partial charge in [0.2, 0.25) is 0 Å². The Hall–Kier alpha value is -1.27. The quantitative estimate of drug-likeness (QED) is 0.343. The van der Waals surface area contributed by atoms with Crippen molar-refractivity contribution in [1.82, 2.24) is 5.32 Å². The number of carbonyl (C=O) groups is 1. The lowest BCUT2D eigenvalue weighted by Gasteiger charge is -2.24. The molecule has 0 spiro atoms. The zero-order valence-corrected chi connectivity index (χ0v) is 12.2. The van der Waals surface area contributed by atoms with E-state index in [9.17, 15) is 4.79 Å². The Kier molecular flexibility index (Phi) is 4.59. The van der Waals surface area contributed by atoms with Crippen molar-refractivity contribution >= 4 is 39.3 Å². The van der Waals surface area contributed by atoms with Crippen molar-refractivity contribution in [3.8, 4) is 0 Å². The van der Waals surface area contributed by atoms with Gasteiger partial charge in [-0.05, 0) is 41.9 Å². The minimum absolute atomic E-state index is 0.0954. The number of benzene rings is 1. The fraction of sp³-hybridized carbons (Fsp3) is 0.273. The third-order valence-corrected chi connectivity index (χ3v) is 3.67. The number of halogens is 2. The van der Waals surface area contributed by atoms with Gasteiger partial charge >= 0.3 is 0 Å².